The van der Waals surface area contributed by atoms with Crippen molar-refractivity contribution in [2.75, 3.05) is 13.2 Å². The first-order valence-corrected chi connectivity index (χ1v) is 5.71. The zero-order chi connectivity index (χ0) is 14.3. The van der Waals surface area contributed by atoms with Gasteiger partial charge in [-0.05, 0) is 27.7 Å². The molecule has 0 aliphatic heterocycles. The van der Waals surface area contributed by atoms with Crippen molar-refractivity contribution in [1.29, 1.82) is 0 Å². The topological polar surface area (TPSA) is 108 Å². The van der Waals surface area contributed by atoms with Crippen molar-refractivity contribution < 1.29 is 24.5 Å². The van der Waals surface area contributed by atoms with Crippen LogP contribution in [0.2, 0.25) is 0 Å². The van der Waals surface area contributed by atoms with Gasteiger partial charge in [0.05, 0.1) is 13.2 Å². The Morgan fingerprint density at radius 1 is 1.17 bits per heavy atom. The van der Waals surface area contributed by atoms with Gasteiger partial charge in [0.2, 0.25) is 5.91 Å². The smallest absolute Gasteiger partial charge is 0.408 e. The SMILES string of the molecule is C[C@@H](CO)NC(=O)[C@@H](CO)NC(=O)OC(C)(C)C. The van der Waals surface area contributed by atoms with Gasteiger partial charge in [-0.25, -0.2) is 4.79 Å². The number of amides is 2. The van der Waals surface area contributed by atoms with E-state index in [1.165, 1.54) is 0 Å². The number of aliphatic hydroxyl groups excluding tert-OH is 2. The van der Waals surface area contributed by atoms with Gasteiger partial charge in [0.15, 0.2) is 0 Å². The van der Waals surface area contributed by atoms with Gasteiger partial charge in [-0.1, -0.05) is 0 Å². The maximum atomic E-state index is 11.6. The van der Waals surface area contributed by atoms with Gasteiger partial charge in [-0.15, -0.1) is 0 Å². The minimum Gasteiger partial charge on any atom is -0.444 e. The third-order valence-corrected chi connectivity index (χ3v) is 1.85. The van der Waals surface area contributed by atoms with Gasteiger partial charge in [-0.3, -0.25) is 4.79 Å². The molecule has 2 atom stereocenters. The molecule has 0 saturated carbocycles. The van der Waals surface area contributed by atoms with E-state index in [0.717, 1.165) is 0 Å². The van der Waals surface area contributed by atoms with Crippen LogP contribution in [-0.4, -0.2) is 53.1 Å². The van der Waals surface area contributed by atoms with Gasteiger partial charge in [0.1, 0.15) is 11.6 Å². The Balaban J connectivity index is 4.34. The van der Waals surface area contributed by atoms with Crippen LogP contribution < -0.4 is 10.6 Å². The van der Waals surface area contributed by atoms with Crippen LogP contribution in [0.25, 0.3) is 0 Å². The highest BCUT2D eigenvalue weighted by Crippen LogP contribution is 2.06. The number of ether oxygens (including phenoxy) is 1. The van der Waals surface area contributed by atoms with Crippen molar-refractivity contribution in [3.05, 3.63) is 0 Å². The predicted octanol–water partition coefficient (Wildman–Crippen LogP) is -0.631. The van der Waals surface area contributed by atoms with Crippen molar-refractivity contribution in [2.45, 2.75) is 45.4 Å². The van der Waals surface area contributed by atoms with Gasteiger partial charge >= 0.3 is 6.09 Å². The minimum absolute atomic E-state index is 0.226. The largest absolute Gasteiger partial charge is 0.444 e. The summed E-state index contributed by atoms with van der Waals surface area (Å²) in [5.41, 5.74) is -0.682. The van der Waals surface area contributed by atoms with Crippen LogP contribution in [0.4, 0.5) is 4.79 Å². The molecule has 4 N–H and O–H groups in total. The lowest BCUT2D eigenvalue weighted by Gasteiger charge is -2.23. The Morgan fingerprint density at radius 2 is 1.72 bits per heavy atom. The molecule has 18 heavy (non-hydrogen) atoms. The number of hydrogen-bond acceptors (Lipinski definition) is 5. The van der Waals surface area contributed by atoms with Crippen molar-refractivity contribution >= 4 is 12.0 Å². The fraction of sp³-hybridized carbons (Fsp3) is 0.818. The molecular weight excluding hydrogens is 240 g/mol. The molecule has 0 aliphatic carbocycles. The van der Waals surface area contributed by atoms with E-state index in [9.17, 15) is 9.59 Å². The highest BCUT2D eigenvalue weighted by Gasteiger charge is 2.24. The number of carbonyl (C=O) groups excluding carboxylic acids is 2. The van der Waals surface area contributed by atoms with E-state index in [0.29, 0.717) is 0 Å². The van der Waals surface area contributed by atoms with E-state index >= 15 is 0 Å². The van der Waals surface area contributed by atoms with E-state index in [1.54, 1.807) is 27.7 Å². The quantitative estimate of drug-likeness (QED) is 0.527. The number of alkyl carbamates (subject to hydrolysis) is 1. The van der Waals surface area contributed by atoms with Crippen molar-refractivity contribution in [2.24, 2.45) is 0 Å². The lowest BCUT2D eigenvalue weighted by atomic mass is 10.2. The van der Waals surface area contributed by atoms with Crippen LogP contribution in [0.5, 0.6) is 0 Å². The third kappa shape index (κ3) is 7.08. The summed E-state index contributed by atoms with van der Waals surface area (Å²) in [5, 5.41) is 22.5. The molecule has 0 heterocycles. The molecule has 0 aromatic carbocycles. The lowest BCUT2D eigenvalue weighted by molar-refractivity contribution is -0.125. The van der Waals surface area contributed by atoms with Crippen LogP contribution in [-0.2, 0) is 9.53 Å². The van der Waals surface area contributed by atoms with Gasteiger partial charge in [0.25, 0.3) is 0 Å². The number of nitrogens with one attached hydrogen (secondary N) is 2. The molecule has 0 aromatic heterocycles. The molecule has 0 fully saturated rings. The van der Waals surface area contributed by atoms with E-state index in [1.807, 2.05) is 0 Å². The molecule has 0 aliphatic rings. The van der Waals surface area contributed by atoms with Crippen LogP contribution in [0.1, 0.15) is 27.7 Å². The van der Waals surface area contributed by atoms with Gasteiger partial charge in [-0.2, -0.15) is 0 Å². The van der Waals surface area contributed by atoms with E-state index in [4.69, 9.17) is 14.9 Å². The first kappa shape index (κ1) is 16.7. The fourth-order valence-electron chi connectivity index (χ4n) is 1.03. The fourth-order valence-corrected chi connectivity index (χ4v) is 1.03. The third-order valence-electron chi connectivity index (χ3n) is 1.85. The summed E-state index contributed by atoms with van der Waals surface area (Å²) in [6, 6.07) is -1.55. The zero-order valence-electron chi connectivity index (χ0n) is 11.2. The summed E-state index contributed by atoms with van der Waals surface area (Å²) in [6.45, 7) is 5.89. The molecule has 7 nitrogen and oxygen atoms in total. The van der Waals surface area contributed by atoms with Crippen molar-refractivity contribution in [1.82, 2.24) is 10.6 Å². The summed E-state index contributed by atoms with van der Waals surface area (Å²) < 4.78 is 4.96. The maximum Gasteiger partial charge on any atom is 0.408 e. The summed E-state index contributed by atoms with van der Waals surface area (Å²) in [7, 11) is 0. The molecule has 0 bridgehead atoms. The van der Waals surface area contributed by atoms with Crippen molar-refractivity contribution in [3.8, 4) is 0 Å². The molecule has 0 radical (unpaired) electrons. The molecule has 2 amide bonds. The zero-order valence-corrected chi connectivity index (χ0v) is 11.2. The van der Waals surface area contributed by atoms with Crippen LogP contribution in [0, 0.1) is 0 Å². The standard InChI is InChI=1S/C11H22N2O5/c1-7(5-14)12-9(16)8(6-15)13-10(17)18-11(2,3)4/h7-8,14-15H,5-6H2,1-4H3,(H,12,16)(H,13,17)/t7-,8+/m0/s1. The van der Waals surface area contributed by atoms with Crippen molar-refractivity contribution in [3.63, 3.8) is 0 Å². The summed E-state index contributed by atoms with van der Waals surface area (Å²) in [6.07, 6.45) is -0.784. The summed E-state index contributed by atoms with van der Waals surface area (Å²) in [4.78, 5) is 23.0. The first-order valence-electron chi connectivity index (χ1n) is 5.71. The normalized spacial score (nSPS) is 14.6. The second-order valence-corrected chi connectivity index (χ2v) is 4.97. The summed E-state index contributed by atoms with van der Waals surface area (Å²) in [5.74, 6) is -0.579. The first-order chi connectivity index (χ1) is 8.19. The molecule has 0 unspecified atom stereocenters. The van der Waals surface area contributed by atoms with Crippen LogP contribution in [0.15, 0.2) is 0 Å². The summed E-state index contributed by atoms with van der Waals surface area (Å²) >= 11 is 0. The molecule has 0 spiro atoms. The second kappa shape index (κ2) is 7.17. The number of hydrogen-bond donors (Lipinski definition) is 4. The molecule has 7 heteroatoms. The highest BCUT2D eigenvalue weighted by molar-refractivity contribution is 5.86. The Bertz CT molecular complexity index is 288. The molecular formula is C11H22N2O5. The van der Waals surface area contributed by atoms with Crippen LogP contribution >= 0.6 is 0 Å². The van der Waals surface area contributed by atoms with Gasteiger partial charge < -0.3 is 25.6 Å². The molecule has 0 saturated heterocycles. The Labute approximate surface area is 107 Å². The van der Waals surface area contributed by atoms with E-state index in [2.05, 4.69) is 10.6 Å². The second-order valence-electron chi connectivity index (χ2n) is 4.97. The average molecular weight is 262 g/mol. The molecule has 0 aromatic rings. The van der Waals surface area contributed by atoms with E-state index < -0.39 is 36.3 Å². The molecule has 106 valence electrons. The monoisotopic (exact) mass is 262 g/mol. The number of rotatable bonds is 5. The van der Waals surface area contributed by atoms with Crippen LogP contribution in [0.3, 0.4) is 0 Å². The number of aliphatic hydroxyl groups is 2. The van der Waals surface area contributed by atoms with Gasteiger partial charge in [0, 0.05) is 6.04 Å². The maximum absolute atomic E-state index is 11.6. The Hall–Kier alpha value is -1.34. The predicted molar refractivity (Wildman–Crippen MR) is 64.9 cm³/mol. The Kier molecular flexibility index (Phi) is 6.64. The lowest BCUT2D eigenvalue weighted by Crippen LogP contribution is -2.52. The molecule has 0 rings (SSSR count). The number of carbonyl (C=O) groups is 2. The average Bonchev–Trinajstić information content (AvgIpc) is 2.22. The minimum atomic E-state index is -1.10. The highest BCUT2D eigenvalue weighted by atomic mass is 16.6. The Morgan fingerprint density at radius 3 is 2.11 bits per heavy atom. The van der Waals surface area contributed by atoms with E-state index in [-0.39, 0.29) is 6.61 Å².